The van der Waals surface area contributed by atoms with E-state index in [1.54, 1.807) is 0 Å². The molecule has 5 rings (SSSR count). The van der Waals surface area contributed by atoms with Crippen LogP contribution in [-0.2, 0) is 17.2 Å². The maximum atomic E-state index is 12.5. The summed E-state index contributed by atoms with van der Waals surface area (Å²) in [6, 6.07) is 8.33. The first-order valence-corrected chi connectivity index (χ1v) is 11.9. The highest BCUT2D eigenvalue weighted by Crippen LogP contribution is 2.31. The van der Waals surface area contributed by atoms with Gasteiger partial charge in [-0.25, -0.2) is 4.98 Å². The van der Waals surface area contributed by atoms with Gasteiger partial charge in [0.25, 0.3) is 0 Å². The number of hydrogen-bond donors (Lipinski definition) is 2. The molecule has 0 amide bonds. The van der Waals surface area contributed by atoms with Crippen molar-refractivity contribution in [3.05, 3.63) is 35.0 Å². The molecule has 0 bridgehead atoms. The third-order valence-electron chi connectivity index (χ3n) is 5.83. The highest BCUT2D eigenvalue weighted by atomic mass is 35.5. The van der Waals surface area contributed by atoms with Crippen LogP contribution in [0.5, 0.6) is 0 Å². The first-order chi connectivity index (χ1) is 14.2. The maximum absolute atomic E-state index is 12.5. The van der Waals surface area contributed by atoms with Gasteiger partial charge in [-0.2, -0.15) is 4.98 Å². The number of anilines is 3. The topological polar surface area (TPSA) is 73.4 Å². The van der Waals surface area contributed by atoms with Crippen LogP contribution in [0.2, 0.25) is 5.02 Å². The molecule has 2 atom stereocenters. The fourth-order valence-electron chi connectivity index (χ4n) is 4.21. The number of nitrogens with zero attached hydrogens (tertiary/aromatic N) is 4. The number of rotatable bonds is 4. The van der Waals surface area contributed by atoms with E-state index in [1.165, 1.54) is 5.69 Å². The molecule has 3 aliphatic heterocycles. The van der Waals surface area contributed by atoms with Crippen molar-refractivity contribution >= 4 is 39.9 Å². The summed E-state index contributed by atoms with van der Waals surface area (Å²) in [4.78, 5) is 15.1. The number of piperazine rings is 1. The molecule has 1 aromatic carbocycles. The van der Waals surface area contributed by atoms with Crippen molar-refractivity contribution in [2.45, 2.75) is 23.8 Å². The second kappa shape index (κ2) is 8.08. The van der Waals surface area contributed by atoms with Crippen molar-refractivity contribution in [3.63, 3.8) is 0 Å². The molecule has 2 N–H and O–H groups in total. The van der Waals surface area contributed by atoms with Crippen LogP contribution in [0.25, 0.3) is 0 Å². The van der Waals surface area contributed by atoms with E-state index in [1.807, 2.05) is 12.1 Å². The third kappa shape index (κ3) is 3.93. The number of hydrogen-bond acceptors (Lipinski definition) is 7. The molecule has 29 heavy (non-hydrogen) atoms. The summed E-state index contributed by atoms with van der Waals surface area (Å²) in [6.07, 6.45) is 1.82. The van der Waals surface area contributed by atoms with Gasteiger partial charge in [0, 0.05) is 61.6 Å². The van der Waals surface area contributed by atoms with E-state index in [2.05, 4.69) is 32.6 Å². The van der Waals surface area contributed by atoms with Crippen LogP contribution in [0, 0.1) is 0 Å². The lowest BCUT2D eigenvalue weighted by Gasteiger charge is -2.36. The van der Waals surface area contributed by atoms with Crippen molar-refractivity contribution < 1.29 is 4.21 Å². The van der Waals surface area contributed by atoms with Crippen LogP contribution in [0.15, 0.2) is 29.2 Å². The molecule has 1 aromatic heterocycles. The minimum Gasteiger partial charge on any atom is -0.368 e. The van der Waals surface area contributed by atoms with E-state index in [0.29, 0.717) is 11.8 Å². The minimum absolute atomic E-state index is 0.334. The van der Waals surface area contributed by atoms with E-state index >= 15 is 0 Å². The third-order valence-corrected chi connectivity index (χ3v) is 7.54. The second-order valence-electron chi connectivity index (χ2n) is 7.73. The molecule has 2 saturated heterocycles. The molecule has 0 aliphatic carbocycles. The van der Waals surface area contributed by atoms with Gasteiger partial charge < -0.3 is 20.4 Å². The Balaban J connectivity index is 1.34. The Hall–Kier alpha value is -1.90. The van der Waals surface area contributed by atoms with Crippen molar-refractivity contribution in [3.8, 4) is 0 Å². The summed E-state index contributed by atoms with van der Waals surface area (Å²) in [5, 5.41) is 7.66. The quantitative estimate of drug-likeness (QED) is 0.764. The fraction of sp³-hybridized carbons (Fsp3) is 0.500. The van der Waals surface area contributed by atoms with Gasteiger partial charge in [-0.05, 0) is 37.2 Å². The number of aromatic nitrogens is 2. The smallest absolute Gasteiger partial charge is 0.227 e. The van der Waals surface area contributed by atoms with Gasteiger partial charge >= 0.3 is 0 Å². The SMILES string of the molecule is O=[S@@]1CCc2nc(N3CCN(c4ccc(Cl)cc4)CC3)nc(NC3CCNC3)c21. The second-order valence-corrected chi connectivity index (χ2v) is 9.68. The maximum Gasteiger partial charge on any atom is 0.227 e. The summed E-state index contributed by atoms with van der Waals surface area (Å²) in [6.45, 7) is 5.45. The number of halogens is 1. The van der Waals surface area contributed by atoms with E-state index in [9.17, 15) is 4.21 Å². The number of fused-ring (bicyclic) bond motifs is 1. The molecule has 7 nitrogen and oxygen atoms in total. The monoisotopic (exact) mass is 432 g/mol. The number of aryl methyl sites for hydroxylation is 1. The van der Waals surface area contributed by atoms with Crippen LogP contribution in [0.1, 0.15) is 12.1 Å². The summed E-state index contributed by atoms with van der Waals surface area (Å²) in [5.41, 5.74) is 2.14. The van der Waals surface area contributed by atoms with Gasteiger partial charge in [-0.3, -0.25) is 4.21 Å². The largest absolute Gasteiger partial charge is 0.368 e. The Morgan fingerprint density at radius 1 is 1.10 bits per heavy atom. The minimum atomic E-state index is -1.00. The van der Waals surface area contributed by atoms with Crippen LogP contribution in [0.4, 0.5) is 17.5 Å². The molecule has 0 saturated carbocycles. The van der Waals surface area contributed by atoms with Gasteiger partial charge in [-0.1, -0.05) is 11.6 Å². The number of benzene rings is 1. The normalized spacial score (nSPS) is 24.0. The Bertz CT molecular complexity index is 910. The summed E-state index contributed by atoms with van der Waals surface area (Å²) in [7, 11) is -1.00. The van der Waals surface area contributed by atoms with E-state index in [4.69, 9.17) is 21.6 Å². The van der Waals surface area contributed by atoms with Crippen molar-refractivity contribution in [2.75, 3.05) is 60.1 Å². The lowest BCUT2D eigenvalue weighted by atomic mass is 10.2. The Labute approximate surface area is 178 Å². The zero-order valence-corrected chi connectivity index (χ0v) is 17.8. The lowest BCUT2D eigenvalue weighted by Crippen LogP contribution is -2.47. The average Bonchev–Trinajstić information content (AvgIpc) is 3.39. The van der Waals surface area contributed by atoms with E-state index < -0.39 is 10.8 Å². The number of nitrogens with one attached hydrogen (secondary N) is 2. The molecule has 0 radical (unpaired) electrons. The van der Waals surface area contributed by atoms with Crippen molar-refractivity contribution in [2.24, 2.45) is 0 Å². The average molecular weight is 433 g/mol. The first-order valence-electron chi connectivity index (χ1n) is 10.2. The summed E-state index contributed by atoms with van der Waals surface area (Å²) >= 11 is 6.01. The van der Waals surface area contributed by atoms with Crippen LogP contribution in [-0.4, -0.2) is 65.2 Å². The van der Waals surface area contributed by atoms with Crippen LogP contribution >= 0.6 is 11.6 Å². The predicted octanol–water partition coefficient (Wildman–Crippen LogP) is 1.89. The molecule has 4 heterocycles. The zero-order chi connectivity index (χ0) is 19.8. The first kappa shape index (κ1) is 19.1. The molecule has 154 valence electrons. The van der Waals surface area contributed by atoms with E-state index in [0.717, 1.165) is 79.5 Å². The van der Waals surface area contributed by atoms with Gasteiger partial charge in [0.15, 0.2) is 0 Å². The van der Waals surface area contributed by atoms with Crippen molar-refractivity contribution in [1.29, 1.82) is 0 Å². The highest BCUT2D eigenvalue weighted by Gasteiger charge is 2.29. The van der Waals surface area contributed by atoms with Gasteiger partial charge in [0.05, 0.1) is 16.5 Å². The predicted molar refractivity (Wildman–Crippen MR) is 118 cm³/mol. The molecule has 1 unspecified atom stereocenters. The molecule has 2 aromatic rings. The van der Waals surface area contributed by atoms with E-state index in [-0.39, 0.29) is 0 Å². The van der Waals surface area contributed by atoms with Gasteiger partial charge in [0.2, 0.25) is 5.95 Å². The summed E-state index contributed by atoms with van der Waals surface area (Å²) in [5.74, 6) is 2.18. The summed E-state index contributed by atoms with van der Waals surface area (Å²) < 4.78 is 12.5. The van der Waals surface area contributed by atoms with Crippen LogP contribution in [0.3, 0.4) is 0 Å². The molecule has 3 aliphatic rings. The lowest BCUT2D eigenvalue weighted by molar-refractivity contribution is 0.637. The van der Waals surface area contributed by atoms with Gasteiger partial charge in [0.1, 0.15) is 10.7 Å². The van der Waals surface area contributed by atoms with Crippen LogP contribution < -0.4 is 20.4 Å². The molecule has 0 spiro atoms. The molecule has 2 fully saturated rings. The Morgan fingerprint density at radius 2 is 1.86 bits per heavy atom. The highest BCUT2D eigenvalue weighted by molar-refractivity contribution is 7.85. The van der Waals surface area contributed by atoms with Crippen molar-refractivity contribution in [1.82, 2.24) is 15.3 Å². The molecular weight excluding hydrogens is 408 g/mol. The van der Waals surface area contributed by atoms with Gasteiger partial charge in [-0.15, -0.1) is 0 Å². The Kier molecular flexibility index (Phi) is 5.32. The standard InChI is InChI=1S/C20H25ClN6OS/c21-14-1-3-16(4-2-14)26-8-10-27(11-9-26)20-24-17-6-12-29(28)18(17)19(25-20)23-15-5-7-22-13-15/h1-4,15,22H,5-13H2,(H,23,24,25)/t15?,29-/m1/s1. The fourth-order valence-corrected chi connectivity index (χ4v) is 5.65. The molecule has 9 heteroatoms. The zero-order valence-electron chi connectivity index (χ0n) is 16.2. The molecular formula is C20H25ClN6OS. The Morgan fingerprint density at radius 3 is 2.59 bits per heavy atom.